The fourth-order valence-electron chi connectivity index (χ4n) is 3.48. The molecule has 7 nitrogen and oxygen atoms in total. The Morgan fingerprint density at radius 1 is 1.26 bits per heavy atom. The van der Waals surface area contributed by atoms with E-state index >= 15 is 0 Å². The van der Waals surface area contributed by atoms with E-state index in [2.05, 4.69) is 10.6 Å². The minimum absolute atomic E-state index is 0.0823. The van der Waals surface area contributed by atoms with Gasteiger partial charge in [0.25, 0.3) is 11.6 Å². The normalized spacial score (nSPS) is 16.3. The molecule has 0 saturated carbocycles. The van der Waals surface area contributed by atoms with Crippen LogP contribution >= 0.6 is 0 Å². The average molecular weight is 368 g/mol. The van der Waals surface area contributed by atoms with Gasteiger partial charge in [-0.1, -0.05) is 30.3 Å². The number of carbonyl (C=O) groups excluding carboxylic acids is 1. The number of nitrogens with one attached hydrogen (secondary N) is 2. The van der Waals surface area contributed by atoms with Crippen molar-refractivity contribution in [1.29, 1.82) is 0 Å². The molecule has 142 valence electrons. The number of likely N-dealkylation sites (tertiary alicyclic amines) is 1. The number of benzene rings is 2. The Bertz CT molecular complexity index is 810. The van der Waals surface area contributed by atoms with Gasteiger partial charge in [0.2, 0.25) is 0 Å². The van der Waals surface area contributed by atoms with E-state index in [1.165, 1.54) is 6.07 Å². The molecule has 1 saturated heterocycles. The third-order valence-electron chi connectivity index (χ3n) is 4.84. The second kappa shape index (κ2) is 8.64. The first-order chi connectivity index (χ1) is 13.1. The quantitative estimate of drug-likeness (QED) is 0.579. The third kappa shape index (κ3) is 4.43. The zero-order valence-corrected chi connectivity index (χ0v) is 15.4. The van der Waals surface area contributed by atoms with Crippen molar-refractivity contribution in [2.24, 2.45) is 0 Å². The van der Waals surface area contributed by atoms with Crippen molar-refractivity contribution in [1.82, 2.24) is 10.2 Å². The van der Waals surface area contributed by atoms with Gasteiger partial charge in [-0.25, -0.2) is 0 Å². The van der Waals surface area contributed by atoms with Gasteiger partial charge in [0.05, 0.1) is 4.92 Å². The van der Waals surface area contributed by atoms with Crippen molar-refractivity contribution in [3.05, 3.63) is 69.8 Å². The highest BCUT2D eigenvalue weighted by Crippen LogP contribution is 2.28. The van der Waals surface area contributed by atoms with Crippen molar-refractivity contribution < 1.29 is 9.72 Å². The molecule has 2 aromatic rings. The number of nitro benzene ring substituents is 1. The maximum absolute atomic E-state index is 12.9. The Labute approximate surface area is 158 Å². The molecule has 0 aromatic heterocycles. The molecule has 0 radical (unpaired) electrons. The van der Waals surface area contributed by atoms with Crippen LogP contribution in [0.1, 0.15) is 28.8 Å². The van der Waals surface area contributed by atoms with Crippen LogP contribution in [0.2, 0.25) is 0 Å². The number of carbonyl (C=O) groups is 1. The molecular weight excluding hydrogens is 344 g/mol. The summed E-state index contributed by atoms with van der Waals surface area (Å²) in [5.41, 5.74) is 1.71. The highest BCUT2D eigenvalue weighted by molar-refractivity contribution is 5.96. The van der Waals surface area contributed by atoms with E-state index in [9.17, 15) is 14.9 Å². The van der Waals surface area contributed by atoms with Crippen LogP contribution in [0.4, 0.5) is 11.4 Å². The summed E-state index contributed by atoms with van der Waals surface area (Å²) in [6.07, 6.45) is 1.91. The first kappa shape index (κ1) is 18.8. The fourth-order valence-corrected chi connectivity index (χ4v) is 3.48. The SMILES string of the molecule is CNCC1CCCN1C(=O)c1ccc(NCc2ccccc2)c([N+](=O)[O-])c1. The molecule has 0 aliphatic carbocycles. The Morgan fingerprint density at radius 2 is 2.04 bits per heavy atom. The highest BCUT2D eigenvalue weighted by atomic mass is 16.6. The summed E-state index contributed by atoms with van der Waals surface area (Å²) < 4.78 is 0. The van der Waals surface area contributed by atoms with Crippen LogP contribution in [0.25, 0.3) is 0 Å². The Hall–Kier alpha value is -2.93. The van der Waals surface area contributed by atoms with E-state index in [4.69, 9.17) is 0 Å². The summed E-state index contributed by atoms with van der Waals surface area (Å²) >= 11 is 0. The number of amides is 1. The van der Waals surface area contributed by atoms with Gasteiger partial charge < -0.3 is 15.5 Å². The number of hydrogen-bond acceptors (Lipinski definition) is 5. The number of hydrogen-bond donors (Lipinski definition) is 2. The predicted molar refractivity (Wildman–Crippen MR) is 105 cm³/mol. The maximum atomic E-state index is 12.9. The average Bonchev–Trinajstić information content (AvgIpc) is 3.15. The van der Waals surface area contributed by atoms with Crippen LogP contribution in [0, 0.1) is 10.1 Å². The summed E-state index contributed by atoms with van der Waals surface area (Å²) in [6, 6.07) is 14.5. The largest absolute Gasteiger partial charge is 0.375 e. The van der Waals surface area contributed by atoms with Gasteiger partial charge in [0.1, 0.15) is 5.69 Å². The van der Waals surface area contributed by atoms with Crippen molar-refractivity contribution in [3.63, 3.8) is 0 Å². The molecule has 1 fully saturated rings. The number of anilines is 1. The first-order valence-electron chi connectivity index (χ1n) is 9.12. The lowest BCUT2D eigenvalue weighted by molar-refractivity contribution is -0.384. The van der Waals surface area contributed by atoms with E-state index in [1.54, 1.807) is 12.1 Å². The zero-order valence-electron chi connectivity index (χ0n) is 15.4. The number of likely N-dealkylation sites (N-methyl/N-ethyl adjacent to an activating group) is 1. The molecule has 3 rings (SSSR count). The smallest absolute Gasteiger partial charge is 0.293 e. The lowest BCUT2D eigenvalue weighted by Crippen LogP contribution is -2.40. The van der Waals surface area contributed by atoms with Crippen LogP contribution in [0.3, 0.4) is 0 Å². The molecule has 7 heteroatoms. The van der Waals surface area contributed by atoms with Gasteiger partial charge in [0.15, 0.2) is 0 Å². The maximum Gasteiger partial charge on any atom is 0.293 e. The summed E-state index contributed by atoms with van der Waals surface area (Å²) in [5, 5.41) is 17.7. The molecule has 1 aliphatic heterocycles. The van der Waals surface area contributed by atoms with Gasteiger partial charge in [0, 0.05) is 37.3 Å². The number of nitrogens with zero attached hydrogens (tertiary/aromatic N) is 2. The highest BCUT2D eigenvalue weighted by Gasteiger charge is 2.30. The standard InChI is InChI=1S/C20H24N4O3/c1-21-14-17-8-5-11-23(17)20(25)16-9-10-18(19(12-16)24(26)27)22-13-15-6-3-2-4-7-15/h2-4,6-7,9-10,12,17,21-22H,5,8,11,13-14H2,1H3. The first-order valence-corrected chi connectivity index (χ1v) is 9.12. The monoisotopic (exact) mass is 368 g/mol. The second-order valence-electron chi connectivity index (χ2n) is 6.68. The fraction of sp³-hybridized carbons (Fsp3) is 0.350. The van der Waals surface area contributed by atoms with Crippen molar-refractivity contribution in [3.8, 4) is 0 Å². The number of nitro groups is 1. The molecule has 2 N–H and O–H groups in total. The van der Waals surface area contributed by atoms with Crippen LogP contribution in [0.5, 0.6) is 0 Å². The van der Waals surface area contributed by atoms with Gasteiger partial charge in [-0.15, -0.1) is 0 Å². The number of rotatable bonds is 7. The molecule has 0 spiro atoms. The van der Waals surface area contributed by atoms with Gasteiger partial charge in [-0.05, 0) is 37.6 Å². The molecule has 1 unspecified atom stereocenters. The zero-order chi connectivity index (χ0) is 19.2. The Morgan fingerprint density at radius 3 is 2.74 bits per heavy atom. The van der Waals surface area contributed by atoms with Crippen LogP contribution in [-0.2, 0) is 6.54 Å². The van der Waals surface area contributed by atoms with E-state index in [-0.39, 0.29) is 17.6 Å². The van der Waals surface area contributed by atoms with Crippen molar-refractivity contribution in [2.75, 3.05) is 25.5 Å². The molecule has 1 heterocycles. The molecule has 1 atom stereocenters. The van der Waals surface area contributed by atoms with Crippen LogP contribution < -0.4 is 10.6 Å². The summed E-state index contributed by atoms with van der Waals surface area (Å²) in [6.45, 7) is 1.89. The lowest BCUT2D eigenvalue weighted by Gasteiger charge is -2.24. The summed E-state index contributed by atoms with van der Waals surface area (Å²) in [5.74, 6) is -0.148. The van der Waals surface area contributed by atoms with Crippen molar-refractivity contribution >= 4 is 17.3 Å². The van der Waals surface area contributed by atoms with Crippen LogP contribution in [0.15, 0.2) is 48.5 Å². The van der Waals surface area contributed by atoms with Crippen LogP contribution in [-0.4, -0.2) is 41.9 Å². The van der Waals surface area contributed by atoms with Gasteiger partial charge in [-0.3, -0.25) is 14.9 Å². The topological polar surface area (TPSA) is 87.5 Å². The molecule has 1 aliphatic rings. The predicted octanol–water partition coefficient (Wildman–Crippen LogP) is 3.03. The van der Waals surface area contributed by atoms with E-state index in [1.807, 2.05) is 42.3 Å². The lowest BCUT2D eigenvalue weighted by atomic mass is 10.1. The molecule has 1 amide bonds. The van der Waals surface area contributed by atoms with E-state index < -0.39 is 4.92 Å². The summed E-state index contributed by atoms with van der Waals surface area (Å²) in [7, 11) is 1.86. The minimum Gasteiger partial charge on any atom is -0.375 e. The second-order valence-corrected chi connectivity index (χ2v) is 6.68. The third-order valence-corrected chi connectivity index (χ3v) is 4.84. The van der Waals surface area contributed by atoms with E-state index in [0.29, 0.717) is 24.3 Å². The molecule has 27 heavy (non-hydrogen) atoms. The molecular formula is C20H24N4O3. The van der Waals surface area contributed by atoms with Gasteiger partial charge in [-0.2, -0.15) is 0 Å². The summed E-state index contributed by atoms with van der Waals surface area (Å²) in [4.78, 5) is 25.7. The minimum atomic E-state index is -0.445. The Balaban J connectivity index is 1.78. The van der Waals surface area contributed by atoms with Crippen molar-refractivity contribution in [2.45, 2.75) is 25.4 Å². The molecule has 2 aromatic carbocycles. The van der Waals surface area contributed by atoms with E-state index in [0.717, 1.165) is 24.9 Å². The molecule has 0 bridgehead atoms. The van der Waals surface area contributed by atoms with Gasteiger partial charge >= 0.3 is 0 Å². The Kier molecular flexibility index (Phi) is 6.03.